The number of carboxylic acid groups (broad SMARTS) is 1. The van der Waals surface area contributed by atoms with Crippen LogP contribution in [0.1, 0.15) is 63.3 Å². The SMILES string of the molecule is CC(C)c1cc(CN2C[C@@H]3CN(C4CCCCC4)C[C@]3(C(=O)O)C2)no1. The number of nitrogens with zero attached hydrogens (tertiary/aromatic N) is 3. The number of rotatable bonds is 5. The maximum absolute atomic E-state index is 12.2. The van der Waals surface area contributed by atoms with Gasteiger partial charge in [0.05, 0.1) is 11.1 Å². The first kappa shape index (κ1) is 18.0. The second-order valence-corrected chi connectivity index (χ2v) is 8.92. The zero-order chi connectivity index (χ0) is 18.3. The summed E-state index contributed by atoms with van der Waals surface area (Å²) in [4.78, 5) is 17.0. The number of aromatic nitrogens is 1. The molecule has 0 bridgehead atoms. The Bertz CT molecular complexity index is 652. The number of hydrogen-bond donors (Lipinski definition) is 1. The molecule has 6 heteroatoms. The molecule has 1 aliphatic carbocycles. The van der Waals surface area contributed by atoms with Gasteiger partial charge in [0.25, 0.3) is 0 Å². The van der Waals surface area contributed by atoms with Crippen LogP contribution < -0.4 is 0 Å². The maximum Gasteiger partial charge on any atom is 0.312 e. The Hall–Kier alpha value is -1.40. The highest BCUT2D eigenvalue weighted by Crippen LogP contribution is 2.45. The zero-order valence-corrected chi connectivity index (χ0v) is 16.0. The fourth-order valence-electron chi connectivity index (χ4n) is 5.26. The lowest BCUT2D eigenvalue weighted by Crippen LogP contribution is -2.43. The Morgan fingerprint density at radius 3 is 2.69 bits per heavy atom. The van der Waals surface area contributed by atoms with Crippen molar-refractivity contribution in [2.75, 3.05) is 26.2 Å². The minimum atomic E-state index is -0.619. The fraction of sp³-hybridized carbons (Fsp3) is 0.800. The molecule has 1 aromatic heterocycles. The van der Waals surface area contributed by atoms with Crippen LogP contribution in [-0.4, -0.2) is 58.3 Å². The van der Waals surface area contributed by atoms with Crippen LogP contribution in [0.15, 0.2) is 10.6 Å². The van der Waals surface area contributed by atoms with Gasteiger partial charge >= 0.3 is 5.97 Å². The summed E-state index contributed by atoms with van der Waals surface area (Å²) in [6.45, 7) is 7.98. The van der Waals surface area contributed by atoms with Gasteiger partial charge in [-0.05, 0) is 12.8 Å². The average molecular weight is 361 g/mol. The van der Waals surface area contributed by atoms with Gasteiger partial charge in [-0.3, -0.25) is 14.6 Å². The number of hydrogen-bond acceptors (Lipinski definition) is 5. The highest BCUT2D eigenvalue weighted by molar-refractivity contribution is 5.77. The highest BCUT2D eigenvalue weighted by Gasteiger charge is 2.58. The molecule has 26 heavy (non-hydrogen) atoms. The summed E-state index contributed by atoms with van der Waals surface area (Å²) in [5.74, 6) is 0.823. The van der Waals surface area contributed by atoms with Crippen molar-refractivity contribution in [3.8, 4) is 0 Å². The Labute approximate surface area is 155 Å². The van der Waals surface area contributed by atoms with E-state index in [0.717, 1.165) is 24.5 Å². The topological polar surface area (TPSA) is 69.8 Å². The van der Waals surface area contributed by atoms with E-state index in [1.807, 2.05) is 6.07 Å². The Morgan fingerprint density at radius 1 is 1.31 bits per heavy atom. The highest BCUT2D eigenvalue weighted by atomic mass is 16.5. The van der Waals surface area contributed by atoms with E-state index in [-0.39, 0.29) is 5.92 Å². The summed E-state index contributed by atoms with van der Waals surface area (Å²) in [6.07, 6.45) is 6.40. The predicted molar refractivity (Wildman–Crippen MR) is 97.9 cm³/mol. The van der Waals surface area contributed by atoms with Crippen molar-refractivity contribution in [3.63, 3.8) is 0 Å². The van der Waals surface area contributed by atoms with Crippen LogP contribution in [0, 0.1) is 11.3 Å². The molecule has 3 heterocycles. The molecular formula is C20H31N3O3. The van der Waals surface area contributed by atoms with Gasteiger partial charge in [0.1, 0.15) is 5.76 Å². The number of fused-ring (bicyclic) bond motifs is 1. The summed E-state index contributed by atoms with van der Waals surface area (Å²) >= 11 is 0. The van der Waals surface area contributed by atoms with Crippen LogP contribution >= 0.6 is 0 Å². The predicted octanol–water partition coefficient (Wildman–Crippen LogP) is 2.95. The second kappa shape index (κ2) is 6.97. The van der Waals surface area contributed by atoms with E-state index in [1.165, 1.54) is 32.1 Å². The molecule has 0 amide bonds. The summed E-state index contributed by atoms with van der Waals surface area (Å²) in [7, 11) is 0. The van der Waals surface area contributed by atoms with Gasteiger partial charge in [-0.1, -0.05) is 38.3 Å². The third kappa shape index (κ3) is 3.18. The number of carboxylic acids is 1. The lowest BCUT2D eigenvalue weighted by Gasteiger charge is -2.33. The Morgan fingerprint density at radius 2 is 2.08 bits per heavy atom. The molecule has 2 aliphatic heterocycles. The van der Waals surface area contributed by atoms with E-state index in [2.05, 4.69) is 28.8 Å². The van der Waals surface area contributed by atoms with Crippen molar-refractivity contribution in [1.82, 2.24) is 15.0 Å². The minimum Gasteiger partial charge on any atom is -0.481 e. The van der Waals surface area contributed by atoms with Crippen LogP contribution in [-0.2, 0) is 11.3 Å². The molecule has 6 nitrogen and oxygen atoms in total. The van der Waals surface area contributed by atoms with Crippen molar-refractivity contribution < 1.29 is 14.4 Å². The van der Waals surface area contributed by atoms with Crippen molar-refractivity contribution >= 4 is 5.97 Å². The molecular weight excluding hydrogens is 330 g/mol. The largest absolute Gasteiger partial charge is 0.481 e. The van der Waals surface area contributed by atoms with Gasteiger partial charge in [0, 0.05) is 56.7 Å². The molecule has 3 fully saturated rings. The molecule has 2 saturated heterocycles. The molecule has 3 aliphatic rings. The molecule has 0 spiro atoms. The molecule has 0 unspecified atom stereocenters. The first-order valence-corrected chi connectivity index (χ1v) is 10.1. The van der Waals surface area contributed by atoms with Crippen LogP contribution in [0.4, 0.5) is 0 Å². The molecule has 1 N–H and O–H groups in total. The van der Waals surface area contributed by atoms with Gasteiger partial charge in [0.2, 0.25) is 0 Å². The van der Waals surface area contributed by atoms with E-state index >= 15 is 0 Å². The van der Waals surface area contributed by atoms with E-state index in [9.17, 15) is 9.90 Å². The third-order valence-electron chi connectivity index (χ3n) is 6.75. The molecule has 0 radical (unpaired) electrons. The minimum absolute atomic E-state index is 0.221. The summed E-state index contributed by atoms with van der Waals surface area (Å²) in [5, 5.41) is 14.2. The normalized spacial score (nSPS) is 31.0. The second-order valence-electron chi connectivity index (χ2n) is 8.92. The van der Waals surface area contributed by atoms with E-state index in [4.69, 9.17) is 4.52 Å². The van der Waals surface area contributed by atoms with Crippen LogP contribution in [0.3, 0.4) is 0 Å². The standard InChI is InChI=1S/C20H31N3O3/c1-14(2)18-8-16(21-26-18)11-22-9-15-10-23(17-6-4-3-5-7-17)13-20(15,12-22)19(24)25/h8,14-15,17H,3-7,9-13H2,1-2H3,(H,24,25)/t15-,20-/m1/s1. The first-order chi connectivity index (χ1) is 12.5. The van der Waals surface area contributed by atoms with Crippen molar-refractivity contribution in [1.29, 1.82) is 0 Å². The molecule has 0 aromatic carbocycles. The molecule has 144 valence electrons. The van der Waals surface area contributed by atoms with Crippen LogP contribution in [0.2, 0.25) is 0 Å². The Kier molecular flexibility index (Phi) is 4.82. The third-order valence-corrected chi connectivity index (χ3v) is 6.75. The van der Waals surface area contributed by atoms with Crippen LogP contribution in [0.25, 0.3) is 0 Å². The van der Waals surface area contributed by atoms with Crippen molar-refractivity contribution in [2.24, 2.45) is 11.3 Å². The Balaban J connectivity index is 1.43. The fourth-order valence-corrected chi connectivity index (χ4v) is 5.26. The monoisotopic (exact) mass is 361 g/mol. The summed E-state index contributed by atoms with van der Waals surface area (Å²) < 4.78 is 5.40. The summed E-state index contributed by atoms with van der Waals surface area (Å²) in [5.41, 5.74) is 0.306. The number of carbonyl (C=O) groups is 1. The molecule has 4 rings (SSSR count). The number of likely N-dealkylation sites (tertiary alicyclic amines) is 2. The average Bonchev–Trinajstić information content (AvgIpc) is 3.29. The smallest absolute Gasteiger partial charge is 0.312 e. The van der Waals surface area contributed by atoms with Crippen LogP contribution in [0.5, 0.6) is 0 Å². The van der Waals surface area contributed by atoms with Gasteiger partial charge in [-0.25, -0.2) is 0 Å². The maximum atomic E-state index is 12.2. The first-order valence-electron chi connectivity index (χ1n) is 10.1. The van der Waals surface area contributed by atoms with Crippen molar-refractivity contribution in [3.05, 3.63) is 17.5 Å². The number of aliphatic carboxylic acids is 1. The lowest BCUT2D eigenvalue weighted by atomic mass is 9.81. The van der Waals surface area contributed by atoms with E-state index < -0.39 is 11.4 Å². The zero-order valence-electron chi connectivity index (χ0n) is 16.0. The van der Waals surface area contributed by atoms with Gasteiger partial charge in [0.15, 0.2) is 0 Å². The lowest BCUT2D eigenvalue weighted by molar-refractivity contribution is -0.149. The van der Waals surface area contributed by atoms with Gasteiger partial charge < -0.3 is 9.63 Å². The molecule has 2 atom stereocenters. The van der Waals surface area contributed by atoms with Gasteiger partial charge in [-0.2, -0.15) is 0 Å². The van der Waals surface area contributed by atoms with E-state index in [1.54, 1.807) is 0 Å². The molecule has 1 saturated carbocycles. The van der Waals surface area contributed by atoms with Gasteiger partial charge in [-0.15, -0.1) is 0 Å². The van der Waals surface area contributed by atoms with Crippen molar-refractivity contribution in [2.45, 2.75) is 64.5 Å². The molecule has 1 aromatic rings. The quantitative estimate of drug-likeness (QED) is 0.869. The summed E-state index contributed by atoms with van der Waals surface area (Å²) in [6, 6.07) is 2.61. The van der Waals surface area contributed by atoms with E-state index in [0.29, 0.717) is 31.6 Å².